The molecule has 0 aliphatic rings. The zero-order chi connectivity index (χ0) is 13.0. The van der Waals surface area contributed by atoms with Crippen molar-refractivity contribution in [2.24, 2.45) is 0 Å². The molecule has 1 rings (SSSR count). The lowest BCUT2D eigenvalue weighted by Gasteiger charge is -2.20. The van der Waals surface area contributed by atoms with Crippen LogP contribution >= 0.6 is 23.1 Å². The van der Waals surface area contributed by atoms with Gasteiger partial charge in [-0.15, -0.1) is 11.3 Å². The number of carbonyl (C=O) groups is 1. The Labute approximate surface area is 110 Å². The first kappa shape index (κ1) is 14.3. The van der Waals surface area contributed by atoms with Crippen LogP contribution in [0.15, 0.2) is 6.07 Å². The number of aliphatic hydroxyl groups is 1. The van der Waals surface area contributed by atoms with Gasteiger partial charge in [-0.05, 0) is 26.2 Å². The average molecular weight is 274 g/mol. The molecule has 96 valence electrons. The maximum Gasteiger partial charge on any atom is 0.261 e. The van der Waals surface area contributed by atoms with Crippen molar-refractivity contribution in [1.29, 1.82) is 0 Å². The number of aliphatic hydroxyl groups excluding tert-OH is 1. The minimum Gasteiger partial charge on any atom is -0.398 e. The lowest BCUT2D eigenvalue weighted by atomic mass is 10.2. The van der Waals surface area contributed by atoms with E-state index in [1.165, 1.54) is 23.1 Å². The Balaban J connectivity index is 2.66. The van der Waals surface area contributed by atoms with Crippen LogP contribution in [0.4, 0.5) is 5.69 Å². The number of aryl methyl sites for hydroxylation is 1. The van der Waals surface area contributed by atoms with E-state index in [0.717, 1.165) is 4.88 Å². The second-order valence-electron chi connectivity index (χ2n) is 3.84. The summed E-state index contributed by atoms with van der Waals surface area (Å²) in [5.74, 6) is -0.130. The molecule has 0 fully saturated rings. The number of rotatable bonds is 5. The van der Waals surface area contributed by atoms with E-state index in [1.54, 1.807) is 6.07 Å². The van der Waals surface area contributed by atoms with Gasteiger partial charge in [0.2, 0.25) is 0 Å². The molecule has 0 spiro atoms. The summed E-state index contributed by atoms with van der Waals surface area (Å²) in [5.41, 5.74) is 6.36. The molecule has 1 heterocycles. The molecule has 1 amide bonds. The minimum absolute atomic E-state index is 0.0114. The van der Waals surface area contributed by atoms with Gasteiger partial charge in [0, 0.05) is 21.9 Å². The molecule has 0 aliphatic heterocycles. The minimum atomic E-state index is -0.130. The zero-order valence-corrected chi connectivity index (χ0v) is 11.8. The topological polar surface area (TPSA) is 75.3 Å². The molecule has 0 saturated carbocycles. The first-order valence-electron chi connectivity index (χ1n) is 5.30. The van der Waals surface area contributed by atoms with Gasteiger partial charge in [-0.3, -0.25) is 4.79 Å². The van der Waals surface area contributed by atoms with Crippen molar-refractivity contribution in [3.05, 3.63) is 15.8 Å². The number of thioether (sulfide) groups is 1. The van der Waals surface area contributed by atoms with Crippen LogP contribution in [0.3, 0.4) is 0 Å². The van der Waals surface area contributed by atoms with E-state index in [0.29, 0.717) is 10.6 Å². The summed E-state index contributed by atoms with van der Waals surface area (Å²) in [5, 5.41) is 12.0. The third kappa shape index (κ3) is 3.62. The molecule has 6 heteroatoms. The highest BCUT2D eigenvalue weighted by molar-refractivity contribution is 7.99. The average Bonchev–Trinajstić information content (AvgIpc) is 2.61. The van der Waals surface area contributed by atoms with E-state index in [2.05, 4.69) is 5.32 Å². The molecule has 2 unspecified atom stereocenters. The molecule has 1 aromatic heterocycles. The molecule has 2 atom stereocenters. The van der Waals surface area contributed by atoms with Crippen LogP contribution in [0.25, 0.3) is 0 Å². The third-order valence-corrected chi connectivity index (χ3v) is 4.81. The molecule has 0 bridgehead atoms. The Morgan fingerprint density at radius 2 is 2.35 bits per heavy atom. The number of nitrogens with two attached hydrogens (primary N) is 1. The van der Waals surface area contributed by atoms with Gasteiger partial charge in [-0.1, -0.05) is 0 Å². The Hall–Kier alpha value is -0.720. The second-order valence-corrected chi connectivity index (χ2v) is 6.17. The van der Waals surface area contributed by atoms with Gasteiger partial charge in [0.1, 0.15) is 0 Å². The molecule has 1 aromatic rings. The molecule has 0 aromatic carbocycles. The van der Waals surface area contributed by atoms with Crippen LogP contribution in [0.1, 0.15) is 21.5 Å². The van der Waals surface area contributed by atoms with E-state index in [-0.39, 0.29) is 23.8 Å². The lowest BCUT2D eigenvalue weighted by molar-refractivity contribution is 0.0940. The fourth-order valence-corrected chi connectivity index (χ4v) is 2.89. The predicted molar refractivity (Wildman–Crippen MR) is 74.8 cm³/mol. The number of nitrogens with one attached hydrogen (secondary N) is 1. The fourth-order valence-electron chi connectivity index (χ4n) is 1.42. The normalized spacial score (nSPS) is 14.4. The predicted octanol–water partition coefficient (Wildman–Crippen LogP) is 1.48. The highest BCUT2D eigenvalue weighted by Crippen LogP contribution is 2.23. The van der Waals surface area contributed by atoms with Gasteiger partial charge >= 0.3 is 0 Å². The second kappa shape index (κ2) is 6.28. The summed E-state index contributed by atoms with van der Waals surface area (Å²) in [7, 11) is 0. The monoisotopic (exact) mass is 274 g/mol. The largest absolute Gasteiger partial charge is 0.398 e. The summed E-state index contributed by atoms with van der Waals surface area (Å²) in [6, 6.07) is 1.61. The Morgan fingerprint density at radius 3 is 2.76 bits per heavy atom. The van der Waals surface area contributed by atoms with E-state index in [9.17, 15) is 4.79 Å². The van der Waals surface area contributed by atoms with Gasteiger partial charge in [-0.2, -0.15) is 11.8 Å². The zero-order valence-electron chi connectivity index (χ0n) is 10.2. The van der Waals surface area contributed by atoms with Crippen molar-refractivity contribution < 1.29 is 9.90 Å². The quantitative estimate of drug-likeness (QED) is 0.760. The maximum absolute atomic E-state index is 11.9. The molecule has 4 nitrogen and oxygen atoms in total. The molecule has 0 radical (unpaired) electrons. The van der Waals surface area contributed by atoms with E-state index < -0.39 is 0 Å². The first-order valence-corrected chi connectivity index (χ1v) is 7.40. The Morgan fingerprint density at radius 1 is 1.71 bits per heavy atom. The maximum atomic E-state index is 11.9. The summed E-state index contributed by atoms with van der Waals surface area (Å²) in [4.78, 5) is 13.5. The Bertz CT molecular complexity index is 369. The van der Waals surface area contributed by atoms with Crippen LogP contribution in [-0.2, 0) is 0 Å². The van der Waals surface area contributed by atoms with Crippen LogP contribution in [-0.4, -0.2) is 35.2 Å². The Kier molecular flexibility index (Phi) is 5.30. The number of hydrogen-bond donors (Lipinski definition) is 3. The van der Waals surface area contributed by atoms with Crippen molar-refractivity contribution in [3.63, 3.8) is 0 Å². The highest BCUT2D eigenvalue weighted by atomic mass is 32.2. The lowest BCUT2D eigenvalue weighted by Crippen LogP contribution is -2.40. The molecule has 4 N–H and O–H groups in total. The van der Waals surface area contributed by atoms with Crippen LogP contribution in [0.5, 0.6) is 0 Å². The van der Waals surface area contributed by atoms with Gasteiger partial charge in [0.05, 0.1) is 11.5 Å². The summed E-state index contributed by atoms with van der Waals surface area (Å²) in [6.45, 7) is 3.83. The third-order valence-electron chi connectivity index (χ3n) is 2.58. The number of nitrogen functional groups attached to an aromatic ring is 1. The van der Waals surface area contributed by atoms with Gasteiger partial charge < -0.3 is 16.2 Å². The van der Waals surface area contributed by atoms with Crippen molar-refractivity contribution in [1.82, 2.24) is 5.32 Å². The number of amides is 1. The number of hydrogen-bond acceptors (Lipinski definition) is 5. The smallest absolute Gasteiger partial charge is 0.261 e. The summed E-state index contributed by atoms with van der Waals surface area (Å²) in [6.07, 6.45) is 1.91. The van der Waals surface area contributed by atoms with E-state index >= 15 is 0 Å². The van der Waals surface area contributed by atoms with E-state index in [1.807, 2.05) is 20.1 Å². The van der Waals surface area contributed by atoms with Crippen molar-refractivity contribution in [2.75, 3.05) is 18.6 Å². The van der Waals surface area contributed by atoms with Gasteiger partial charge in [0.15, 0.2) is 0 Å². The summed E-state index contributed by atoms with van der Waals surface area (Å²) < 4.78 is 0. The van der Waals surface area contributed by atoms with Crippen LogP contribution < -0.4 is 11.1 Å². The van der Waals surface area contributed by atoms with Gasteiger partial charge in [0.25, 0.3) is 5.91 Å². The number of carbonyl (C=O) groups excluding carboxylic acids is 1. The van der Waals surface area contributed by atoms with Gasteiger partial charge in [-0.25, -0.2) is 0 Å². The summed E-state index contributed by atoms with van der Waals surface area (Å²) >= 11 is 2.92. The number of anilines is 1. The molecular weight excluding hydrogens is 256 g/mol. The molecule has 0 aliphatic carbocycles. The molecule has 0 saturated heterocycles. The van der Waals surface area contributed by atoms with Crippen molar-refractivity contribution in [3.8, 4) is 0 Å². The fraction of sp³-hybridized carbons (Fsp3) is 0.545. The first-order chi connectivity index (χ1) is 7.99. The number of thiophene rings is 1. The van der Waals surface area contributed by atoms with Crippen LogP contribution in [0, 0.1) is 6.92 Å². The van der Waals surface area contributed by atoms with Crippen molar-refractivity contribution in [2.45, 2.75) is 25.1 Å². The van der Waals surface area contributed by atoms with E-state index in [4.69, 9.17) is 10.8 Å². The highest BCUT2D eigenvalue weighted by Gasteiger charge is 2.19. The van der Waals surface area contributed by atoms with Crippen molar-refractivity contribution >= 4 is 34.7 Å². The standard InChI is InChI=1S/C11H18N2O2S2/c1-6(10(5-14)16-3)13-11(15)9-4-8(12)7(2)17-9/h4,6,10,14H,5,12H2,1-3H3,(H,13,15). The SMILES string of the molecule is CSC(CO)C(C)NC(=O)c1cc(N)c(C)s1. The van der Waals surface area contributed by atoms with Crippen LogP contribution in [0.2, 0.25) is 0 Å². The molecule has 17 heavy (non-hydrogen) atoms. The molecular formula is C11H18N2O2S2.